The predicted molar refractivity (Wildman–Crippen MR) is 59.4 cm³/mol. The Labute approximate surface area is 98.2 Å². The smallest absolute Gasteiger partial charge is 0.253 e. The third-order valence-electron chi connectivity index (χ3n) is 2.35. The number of ether oxygens (including phenoxy) is 1. The Kier molecular flexibility index (Phi) is 3.36. The Bertz CT molecular complexity index is 405. The fourth-order valence-electron chi connectivity index (χ4n) is 1.56. The van der Waals surface area contributed by atoms with Crippen molar-refractivity contribution in [3.63, 3.8) is 0 Å². The summed E-state index contributed by atoms with van der Waals surface area (Å²) in [6, 6.07) is 1.68. The van der Waals surface area contributed by atoms with Crippen LogP contribution in [0.1, 0.15) is 18.5 Å². The van der Waals surface area contributed by atoms with Gasteiger partial charge in [-0.2, -0.15) is 5.10 Å². The molecule has 0 radical (unpaired) electrons. The Morgan fingerprint density at radius 3 is 3.12 bits per heavy atom. The van der Waals surface area contributed by atoms with E-state index in [1.54, 1.807) is 13.0 Å². The number of hydrogen-bond acceptors (Lipinski definition) is 4. The lowest BCUT2D eigenvalue weighted by Crippen LogP contribution is -2.27. The van der Waals surface area contributed by atoms with Crippen LogP contribution in [0.2, 0.25) is 5.15 Å². The average Bonchev–Trinajstić information content (AvgIpc) is 2.76. The van der Waals surface area contributed by atoms with Crippen molar-refractivity contribution < 1.29 is 9.53 Å². The van der Waals surface area contributed by atoms with Gasteiger partial charge in [-0.3, -0.25) is 4.79 Å². The molecule has 86 valence electrons. The molecule has 0 unspecified atom stereocenters. The van der Waals surface area contributed by atoms with Crippen molar-refractivity contribution in [3.05, 3.63) is 16.9 Å². The van der Waals surface area contributed by atoms with E-state index in [0.29, 0.717) is 18.0 Å². The molecular weight excluding hydrogens is 230 g/mol. The van der Waals surface area contributed by atoms with E-state index in [0.717, 1.165) is 12.8 Å². The van der Waals surface area contributed by atoms with Crippen LogP contribution >= 0.6 is 11.6 Å². The minimum Gasteiger partial charge on any atom is -0.368 e. The van der Waals surface area contributed by atoms with E-state index in [1.807, 2.05) is 0 Å². The van der Waals surface area contributed by atoms with Crippen molar-refractivity contribution in [2.75, 3.05) is 11.9 Å². The molecule has 1 amide bonds. The summed E-state index contributed by atoms with van der Waals surface area (Å²) in [7, 11) is 0. The SMILES string of the molecule is Cc1cc(NC(=O)[C@H]2CCCO2)c(Cl)nn1. The number of hydrogen-bond donors (Lipinski definition) is 1. The highest BCUT2D eigenvalue weighted by Crippen LogP contribution is 2.20. The van der Waals surface area contributed by atoms with E-state index in [4.69, 9.17) is 16.3 Å². The Morgan fingerprint density at radius 1 is 1.62 bits per heavy atom. The van der Waals surface area contributed by atoms with Crippen molar-refractivity contribution in [2.24, 2.45) is 0 Å². The summed E-state index contributed by atoms with van der Waals surface area (Å²) >= 11 is 5.82. The third-order valence-corrected chi connectivity index (χ3v) is 2.63. The molecule has 1 fully saturated rings. The topological polar surface area (TPSA) is 64.1 Å². The molecule has 0 spiro atoms. The lowest BCUT2D eigenvalue weighted by molar-refractivity contribution is -0.124. The molecule has 1 aliphatic rings. The first-order valence-electron chi connectivity index (χ1n) is 5.09. The van der Waals surface area contributed by atoms with Crippen LogP contribution in [0.15, 0.2) is 6.07 Å². The fourth-order valence-corrected chi connectivity index (χ4v) is 1.70. The monoisotopic (exact) mass is 241 g/mol. The molecule has 1 aliphatic heterocycles. The summed E-state index contributed by atoms with van der Waals surface area (Å²) in [4.78, 5) is 11.7. The number of rotatable bonds is 2. The second-order valence-corrected chi connectivity index (χ2v) is 4.04. The minimum atomic E-state index is -0.371. The second-order valence-electron chi connectivity index (χ2n) is 3.68. The molecule has 0 saturated carbocycles. The molecule has 1 aromatic heterocycles. The maximum Gasteiger partial charge on any atom is 0.253 e. The number of nitrogens with zero attached hydrogens (tertiary/aromatic N) is 2. The lowest BCUT2D eigenvalue weighted by Gasteiger charge is -2.10. The molecule has 2 rings (SSSR count). The van der Waals surface area contributed by atoms with Gasteiger partial charge in [0.2, 0.25) is 0 Å². The van der Waals surface area contributed by atoms with Crippen LogP contribution < -0.4 is 5.32 Å². The molecule has 0 aromatic carbocycles. The van der Waals surface area contributed by atoms with Crippen LogP contribution in [-0.4, -0.2) is 28.8 Å². The molecule has 6 heteroatoms. The van der Waals surface area contributed by atoms with Gasteiger partial charge in [-0.1, -0.05) is 11.6 Å². The Balaban J connectivity index is 2.07. The van der Waals surface area contributed by atoms with E-state index in [1.165, 1.54) is 0 Å². The molecule has 5 nitrogen and oxygen atoms in total. The molecule has 1 N–H and O–H groups in total. The van der Waals surface area contributed by atoms with E-state index in [2.05, 4.69) is 15.5 Å². The number of carbonyl (C=O) groups excluding carboxylic acids is 1. The van der Waals surface area contributed by atoms with Crippen LogP contribution in [0.4, 0.5) is 5.69 Å². The molecule has 0 bridgehead atoms. The van der Waals surface area contributed by atoms with E-state index in [-0.39, 0.29) is 17.2 Å². The first-order valence-corrected chi connectivity index (χ1v) is 5.47. The third kappa shape index (κ3) is 2.48. The van der Waals surface area contributed by atoms with Crippen molar-refractivity contribution in [3.8, 4) is 0 Å². The first-order chi connectivity index (χ1) is 7.66. The lowest BCUT2D eigenvalue weighted by atomic mass is 10.2. The van der Waals surface area contributed by atoms with Gasteiger partial charge in [0.25, 0.3) is 5.91 Å². The van der Waals surface area contributed by atoms with Gasteiger partial charge in [-0.15, -0.1) is 5.10 Å². The number of aromatic nitrogens is 2. The van der Waals surface area contributed by atoms with E-state index < -0.39 is 0 Å². The number of halogens is 1. The highest BCUT2D eigenvalue weighted by molar-refractivity contribution is 6.32. The number of aryl methyl sites for hydroxylation is 1. The van der Waals surface area contributed by atoms with Gasteiger partial charge in [0.1, 0.15) is 6.10 Å². The number of nitrogens with one attached hydrogen (secondary N) is 1. The molecule has 1 atom stereocenters. The summed E-state index contributed by atoms with van der Waals surface area (Å²) in [6.07, 6.45) is 1.30. The normalized spacial score (nSPS) is 19.8. The zero-order chi connectivity index (χ0) is 11.5. The zero-order valence-corrected chi connectivity index (χ0v) is 9.62. The van der Waals surface area contributed by atoms with Gasteiger partial charge >= 0.3 is 0 Å². The highest BCUT2D eigenvalue weighted by atomic mass is 35.5. The van der Waals surface area contributed by atoms with Crippen molar-refractivity contribution in [1.29, 1.82) is 0 Å². The molecular formula is C10H12ClN3O2. The molecule has 1 saturated heterocycles. The maximum absolute atomic E-state index is 11.7. The van der Waals surface area contributed by atoms with Crippen molar-refractivity contribution >= 4 is 23.2 Å². The van der Waals surface area contributed by atoms with Crippen molar-refractivity contribution in [2.45, 2.75) is 25.9 Å². The largest absolute Gasteiger partial charge is 0.368 e. The molecule has 16 heavy (non-hydrogen) atoms. The van der Waals surface area contributed by atoms with Gasteiger partial charge in [0.05, 0.1) is 11.4 Å². The number of carbonyl (C=O) groups is 1. The average molecular weight is 242 g/mol. The number of anilines is 1. The first kappa shape index (κ1) is 11.3. The van der Waals surface area contributed by atoms with Gasteiger partial charge in [0, 0.05) is 6.61 Å². The van der Waals surface area contributed by atoms with Gasteiger partial charge < -0.3 is 10.1 Å². The van der Waals surface area contributed by atoms with Crippen LogP contribution in [0.25, 0.3) is 0 Å². The summed E-state index contributed by atoms with van der Waals surface area (Å²) < 4.78 is 5.27. The van der Waals surface area contributed by atoms with Crippen LogP contribution in [0.3, 0.4) is 0 Å². The van der Waals surface area contributed by atoms with E-state index in [9.17, 15) is 4.79 Å². The van der Waals surface area contributed by atoms with Gasteiger partial charge in [-0.05, 0) is 25.8 Å². The standard InChI is InChI=1S/C10H12ClN3O2/c1-6-5-7(9(11)14-13-6)12-10(15)8-3-2-4-16-8/h5,8H,2-4H2,1H3,(H,12,13,15)/t8-/m1/s1. The summed E-state index contributed by atoms with van der Waals surface area (Å²) in [5.41, 5.74) is 1.18. The second kappa shape index (κ2) is 4.76. The molecule has 2 heterocycles. The summed E-state index contributed by atoms with van der Waals surface area (Å²) in [5.74, 6) is -0.174. The van der Waals surface area contributed by atoms with Crippen LogP contribution in [-0.2, 0) is 9.53 Å². The molecule has 0 aliphatic carbocycles. The predicted octanol–water partition coefficient (Wildman–Crippen LogP) is 1.56. The van der Waals surface area contributed by atoms with Crippen LogP contribution in [0, 0.1) is 6.92 Å². The maximum atomic E-state index is 11.7. The fraction of sp³-hybridized carbons (Fsp3) is 0.500. The summed E-state index contributed by atoms with van der Waals surface area (Å²) in [6.45, 7) is 2.42. The van der Waals surface area contributed by atoms with Crippen molar-refractivity contribution in [1.82, 2.24) is 10.2 Å². The number of amides is 1. The highest BCUT2D eigenvalue weighted by Gasteiger charge is 2.24. The zero-order valence-electron chi connectivity index (χ0n) is 8.86. The van der Waals surface area contributed by atoms with Gasteiger partial charge in [0.15, 0.2) is 5.15 Å². The van der Waals surface area contributed by atoms with Crippen LogP contribution in [0.5, 0.6) is 0 Å². The Morgan fingerprint density at radius 2 is 2.44 bits per heavy atom. The van der Waals surface area contributed by atoms with E-state index >= 15 is 0 Å². The Hall–Kier alpha value is -1.20. The molecule has 1 aromatic rings. The van der Waals surface area contributed by atoms with Gasteiger partial charge in [-0.25, -0.2) is 0 Å². The minimum absolute atomic E-state index is 0.174. The quantitative estimate of drug-likeness (QED) is 0.853. The summed E-state index contributed by atoms with van der Waals surface area (Å²) in [5, 5.41) is 10.4.